The van der Waals surface area contributed by atoms with Crippen LogP contribution >= 0.6 is 11.6 Å². The third-order valence-corrected chi connectivity index (χ3v) is 5.92. The molecule has 0 unspecified atom stereocenters. The van der Waals surface area contributed by atoms with E-state index in [1.165, 1.54) is 35.0 Å². The molecule has 1 fully saturated rings. The smallest absolute Gasteiger partial charge is 0.274 e. The third-order valence-electron chi connectivity index (χ3n) is 3.76. The van der Waals surface area contributed by atoms with E-state index < -0.39 is 10.0 Å². The molecule has 1 aromatic heterocycles. The number of hydrogen-bond acceptors (Lipinski definition) is 5. The van der Waals surface area contributed by atoms with Crippen molar-refractivity contribution in [3.05, 3.63) is 53.6 Å². The Morgan fingerprint density at radius 1 is 1.04 bits per heavy atom. The highest BCUT2D eigenvalue weighted by Gasteiger charge is 2.30. The van der Waals surface area contributed by atoms with E-state index in [-0.39, 0.29) is 29.6 Å². The van der Waals surface area contributed by atoms with Crippen LogP contribution < -0.4 is 0 Å². The van der Waals surface area contributed by atoms with E-state index in [9.17, 15) is 13.2 Å². The highest BCUT2D eigenvalue weighted by Crippen LogP contribution is 2.20. The number of carbonyl (C=O) groups is 1. The highest BCUT2D eigenvalue weighted by molar-refractivity contribution is 7.89. The lowest BCUT2D eigenvalue weighted by Crippen LogP contribution is -2.50. The van der Waals surface area contributed by atoms with Crippen LogP contribution in [0, 0.1) is 0 Å². The molecule has 1 aliphatic heterocycles. The summed E-state index contributed by atoms with van der Waals surface area (Å²) in [4.78, 5) is 21.9. The van der Waals surface area contributed by atoms with Crippen LogP contribution in [-0.4, -0.2) is 59.7 Å². The van der Waals surface area contributed by atoms with Crippen molar-refractivity contribution in [1.29, 1.82) is 0 Å². The lowest BCUT2D eigenvalue weighted by molar-refractivity contribution is 0.0691. The topological polar surface area (TPSA) is 83.5 Å². The number of aromatic nitrogens is 2. The Balaban J connectivity index is 1.68. The molecule has 0 bridgehead atoms. The zero-order valence-corrected chi connectivity index (χ0v) is 14.2. The molecule has 1 saturated heterocycles. The van der Waals surface area contributed by atoms with Crippen LogP contribution in [0.3, 0.4) is 0 Å². The van der Waals surface area contributed by atoms with Gasteiger partial charge in [0.25, 0.3) is 5.91 Å². The van der Waals surface area contributed by atoms with Gasteiger partial charge in [-0.1, -0.05) is 11.6 Å². The summed E-state index contributed by atoms with van der Waals surface area (Å²) in [6, 6.07) is 6.05. The Bertz CT molecular complexity index is 820. The lowest BCUT2D eigenvalue weighted by atomic mass is 10.3. The predicted molar refractivity (Wildman–Crippen MR) is 88.1 cm³/mol. The zero-order chi connectivity index (χ0) is 17.2. The fourth-order valence-electron chi connectivity index (χ4n) is 2.46. The molecule has 3 rings (SSSR count). The summed E-state index contributed by atoms with van der Waals surface area (Å²) in [5.74, 6) is -0.244. The van der Waals surface area contributed by atoms with E-state index in [4.69, 9.17) is 11.6 Å². The quantitative estimate of drug-likeness (QED) is 0.817. The van der Waals surface area contributed by atoms with Crippen molar-refractivity contribution >= 4 is 27.5 Å². The van der Waals surface area contributed by atoms with Gasteiger partial charge in [0.2, 0.25) is 10.0 Å². The predicted octanol–water partition coefficient (Wildman–Crippen LogP) is 1.28. The molecule has 0 N–H and O–H groups in total. The summed E-state index contributed by atoms with van der Waals surface area (Å²) in [5, 5.41) is 0.480. The van der Waals surface area contributed by atoms with Crippen LogP contribution in [0.5, 0.6) is 0 Å². The van der Waals surface area contributed by atoms with Gasteiger partial charge >= 0.3 is 0 Å². The maximum absolute atomic E-state index is 12.6. The van der Waals surface area contributed by atoms with Gasteiger partial charge in [0.1, 0.15) is 5.69 Å². The summed E-state index contributed by atoms with van der Waals surface area (Å²) in [5.41, 5.74) is 0.256. The van der Waals surface area contributed by atoms with E-state index >= 15 is 0 Å². The van der Waals surface area contributed by atoms with Crippen LogP contribution in [0.4, 0.5) is 0 Å². The molecular formula is C15H15ClN4O3S. The number of sulfonamides is 1. The largest absolute Gasteiger partial charge is 0.335 e. The van der Waals surface area contributed by atoms with Crippen molar-refractivity contribution in [2.45, 2.75) is 4.90 Å². The Kier molecular flexibility index (Phi) is 4.79. The van der Waals surface area contributed by atoms with Gasteiger partial charge in [-0.25, -0.2) is 13.4 Å². The van der Waals surface area contributed by atoms with Crippen LogP contribution in [0.15, 0.2) is 47.8 Å². The maximum atomic E-state index is 12.6. The first-order chi connectivity index (χ1) is 11.5. The van der Waals surface area contributed by atoms with Crippen molar-refractivity contribution in [2.24, 2.45) is 0 Å². The maximum Gasteiger partial charge on any atom is 0.274 e. The summed E-state index contributed by atoms with van der Waals surface area (Å²) < 4.78 is 26.6. The van der Waals surface area contributed by atoms with Crippen LogP contribution in [0.2, 0.25) is 5.02 Å². The minimum absolute atomic E-state index is 0.195. The summed E-state index contributed by atoms with van der Waals surface area (Å²) in [6.45, 7) is 1.08. The summed E-state index contributed by atoms with van der Waals surface area (Å²) >= 11 is 5.80. The van der Waals surface area contributed by atoms with Gasteiger partial charge in [-0.2, -0.15) is 4.31 Å². The first-order valence-electron chi connectivity index (χ1n) is 7.29. The van der Waals surface area contributed by atoms with Gasteiger partial charge in [-0.15, -0.1) is 0 Å². The molecule has 0 spiro atoms. The number of amides is 1. The van der Waals surface area contributed by atoms with E-state index in [1.54, 1.807) is 17.0 Å². The van der Waals surface area contributed by atoms with Gasteiger partial charge < -0.3 is 4.90 Å². The van der Waals surface area contributed by atoms with Crippen LogP contribution in [0.25, 0.3) is 0 Å². The molecule has 1 amide bonds. The van der Waals surface area contributed by atoms with Crippen molar-refractivity contribution in [3.63, 3.8) is 0 Å². The first kappa shape index (κ1) is 16.8. The van der Waals surface area contributed by atoms with E-state index in [0.29, 0.717) is 18.1 Å². The molecule has 0 radical (unpaired) electrons. The van der Waals surface area contributed by atoms with Crippen LogP contribution in [-0.2, 0) is 10.0 Å². The SMILES string of the molecule is O=C(c1cnccn1)N1CCN(S(=O)(=O)c2ccc(Cl)cc2)CC1. The molecule has 1 aliphatic rings. The molecular weight excluding hydrogens is 352 g/mol. The van der Waals surface area contributed by atoms with Gasteiger partial charge in [-0.05, 0) is 24.3 Å². The summed E-state index contributed by atoms with van der Waals surface area (Å²) in [6.07, 6.45) is 4.35. The highest BCUT2D eigenvalue weighted by atomic mass is 35.5. The first-order valence-corrected chi connectivity index (χ1v) is 9.11. The average molecular weight is 367 g/mol. The van der Waals surface area contributed by atoms with E-state index in [1.807, 2.05) is 0 Å². The van der Waals surface area contributed by atoms with Crippen molar-refractivity contribution in [2.75, 3.05) is 26.2 Å². The molecule has 2 heterocycles. The minimum atomic E-state index is -3.58. The van der Waals surface area contributed by atoms with Crippen molar-refractivity contribution in [3.8, 4) is 0 Å². The molecule has 0 saturated carbocycles. The molecule has 7 nitrogen and oxygen atoms in total. The number of hydrogen-bond donors (Lipinski definition) is 0. The zero-order valence-electron chi connectivity index (χ0n) is 12.7. The van der Waals surface area contributed by atoms with Crippen molar-refractivity contribution < 1.29 is 13.2 Å². The molecule has 0 aliphatic carbocycles. The number of halogens is 1. The standard InChI is InChI=1S/C15H15ClN4O3S/c16-12-1-3-13(4-2-12)24(22,23)20-9-7-19(8-10-20)15(21)14-11-17-5-6-18-14/h1-6,11H,7-10H2. The molecule has 9 heteroatoms. The van der Waals surface area contributed by atoms with E-state index in [0.717, 1.165) is 0 Å². The Hall–Kier alpha value is -2.03. The number of piperazine rings is 1. The second-order valence-corrected chi connectivity index (χ2v) is 7.62. The Morgan fingerprint density at radius 3 is 2.29 bits per heavy atom. The number of nitrogens with zero attached hydrogens (tertiary/aromatic N) is 4. The summed E-state index contributed by atoms with van der Waals surface area (Å²) in [7, 11) is -3.58. The minimum Gasteiger partial charge on any atom is -0.335 e. The molecule has 0 atom stereocenters. The molecule has 126 valence electrons. The third kappa shape index (κ3) is 3.40. The monoisotopic (exact) mass is 366 g/mol. The second-order valence-electron chi connectivity index (χ2n) is 5.24. The van der Waals surface area contributed by atoms with Crippen LogP contribution in [0.1, 0.15) is 10.5 Å². The van der Waals surface area contributed by atoms with Crippen molar-refractivity contribution in [1.82, 2.24) is 19.2 Å². The number of carbonyl (C=O) groups excluding carboxylic acids is 1. The number of rotatable bonds is 3. The fourth-order valence-corrected chi connectivity index (χ4v) is 4.01. The van der Waals surface area contributed by atoms with Gasteiger partial charge in [0.05, 0.1) is 11.1 Å². The lowest BCUT2D eigenvalue weighted by Gasteiger charge is -2.33. The molecule has 1 aromatic carbocycles. The van der Waals surface area contributed by atoms with Gasteiger partial charge in [0, 0.05) is 43.6 Å². The normalized spacial score (nSPS) is 16.1. The number of benzene rings is 1. The van der Waals surface area contributed by atoms with Gasteiger partial charge in [-0.3, -0.25) is 9.78 Å². The average Bonchev–Trinajstić information content (AvgIpc) is 2.62. The van der Waals surface area contributed by atoms with Gasteiger partial charge in [0.15, 0.2) is 0 Å². The Morgan fingerprint density at radius 2 is 1.71 bits per heavy atom. The fraction of sp³-hybridized carbons (Fsp3) is 0.267. The molecule has 24 heavy (non-hydrogen) atoms. The second kappa shape index (κ2) is 6.84. The Labute approximate surface area is 144 Å². The molecule has 2 aromatic rings. The van der Waals surface area contributed by atoms with E-state index in [2.05, 4.69) is 9.97 Å².